The zero-order valence-electron chi connectivity index (χ0n) is 13.9. The highest BCUT2D eigenvalue weighted by Crippen LogP contribution is 2.16. The van der Waals surface area contributed by atoms with Gasteiger partial charge in [-0.25, -0.2) is 4.98 Å². The van der Waals surface area contributed by atoms with Crippen molar-refractivity contribution in [2.45, 2.75) is 46.2 Å². The van der Waals surface area contributed by atoms with Gasteiger partial charge in [0.2, 0.25) is 0 Å². The van der Waals surface area contributed by atoms with E-state index in [0.717, 1.165) is 55.7 Å². The highest BCUT2D eigenvalue weighted by molar-refractivity contribution is 7.11. The van der Waals surface area contributed by atoms with Gasteiger partial charge in [0, 0.05) is 37.9 Å². The van der Waals surface area contributed by atoms with Crippen molar-refractivity contribution < 1.29 is 0 Å². The second kappa shape index (κ2) is 7.08. The summed E-state index contributed by atoms with van der Waals surface area (Å²) in [5, 5.41) is 16.3. The Labute approximate surface area is 140 Å². The normalized spacial score (nSPS) is 14.1. The first-order chi connectivity index (χ1) is 11.2. The fraction of sp³-hybridized carbons (Fsp3) is 0.600. The number of nitrogens with zero attached hydrogens (tertiary/aromatic N) is 5. The first kappa shape index (κ1) is 15.9. The van der Waals surface area contributed by atoms with Crippen LogP contribution in [0.1, 0.15) is 33.6 Å². The number of fused-ring (bicyclic) bond motifs is 1. The fourth-order valence-electron chi connectivity index (χ4n) is 2.66. The quantitative estimate of drug-likeness (QED) is 0.635. The zero-order valence-corrected chi connectivity index (χ0v) is 14.7. The molecule has 23 heavy (non-hydrogen) atoms. The van der Waals surface area contributed by atoms with Crippen LogP contribution in [0.2, 0.25) is 0 Å². The van der Waals surface area contributed by atoms with E-state index in [1.807, 2.05) is 0 Å². The number of aromatic nitrogens is 4. The minimum absolute atomic E-state index is 0.641. The lowest BCUT2D eigenvalue weighted by Crippen LogP contribution is -2.38. The van der Waals surface area contributed by atoms with Crippen LogP contribution >= 0.6 is 11.3 Å². The highest BCUT2D eigenvalue weighted by atomic mass is 32.1. The van der Waals surface area contributed by atoms with Gasteiger partial charge in [-0.3, -0.25) is 4.99 Å². The van der Waals surface area contributed by atoms with Crippen molar-refractivity contribution in [2.24, 2.45) is 4.99 Å². The van der Waals surface area contributed by atoms with Crippen LogP contribution in [0, 0.1) is 13.8 Å². The second-order valence-corrected chi connectivity index (χ2v) is 6.93. The molecule has 0 radical (unpaired) electrons. The Morgan fingerprint density at radius 2 is 2.17 bits per heavy atom. The molecule has 0 atom stereocenters. The van der Waals surface area contributed by atoms with Gasteiger partial charge in [0.05, 0.1) is 17.2 Å². The van der Waals surface area contributed by atoms with Gasteiger partial charge < -0.3 is 15.2 Å². The summed E-state index contributed by atoms with van der Waals surface area (Å²) in [4.78, 5) is 10.1. The van der Waals surface area contributed by atoms with Gasteiger partial charge in [-0.15, -0.1) is 21.5 Å². The molecule has 0 saturated heterocycles. The minimum Gasteiger partial charge on any atom is -0.356 e. The number of hydrogen-bond donors (Lipinski definition) is 2. The van der Waals surface area contributed by atoms with E-state index in [0.29, 0.717) is 6.54 Å². The van der Waals surface area contributed by atoms with E-state index in [2.05, 4.69) is 49.2 Å². The number of aliphatic imine (C=N–C) groups is 1. The summed E-state index contributed by atoms with van der Waals surface area (Å²) >= 11 is 1.77. The van der Waals surface area contributed by atoms with Crippen molar-refractivity contribution in [2.75, 3.05) is 13.6 Å². The Balaban J connectivity index is 1.46. The third kappa shape index (κ3) is 3.69. The van der Waals surface area contributed by atoms with Gasteiger partial charge in [0.1, 0.15) is 5.82 Å². The van der Waals surface area contributed by atoms with Gasteiger partial charge >= 0.3 is 0 Å². The topological polar surface area (TPSA) is 80.0 Å². The molecule has 0 aromatic carbocycles. The number of rotatable bonds is 5. The summed E-state index contributed by atoms with van der Waals surface area (Å²) in [6, 6.07) is 0. The maximum Gasteiger partial charge on any atom is 0.191 e. The van der Waals surface area contributed by atoms with Crippen molar-refractivity contribution >= 4 is 17.3 Å². The van der Waals surface area contributed by atoms with Gasteiger partial charge in [-0.1, -0.05) is 0 Å². The first-order valence-corrected chi connectivity index (χ1v) is 8.77. The molecule has 3 rings (SSSR count). The minimum atomic E-state index is 0.641. The molecule has 3 heterocycles. The Morgan fingerprint density at radius 1 is 1.30 bits per heavy atom. The molecular weight excluding hydrogens is 310 g/mol. The molecule has 0 unspecified atom stereocenters. The van der Waals surface area contributed by atoms with Crippen molar-refractivity contribution in [3.8, 4) is 0 Å². The highest BCUT2D eigenvalue weighted by Gasteiger charge is 2.17. The van der Waals surface area contributed by atoms with Crippen LogP contribution in [0.4, 0.5) is 0 Å². The largest absolute Gasteiger partial charge is 0.356 e. The molecular formula is C15H23N7S. The maximum absolute atomic E-state index is 4.56. The smallest absolute Gasteiger partial charge is 0.191 e. The molecule has 0 amide bonds. The summed E-state index contributed by atoms with van der Waals surface area (Å²) in [5.74, 6) is 2.86. The third-order valence-corrected chi connectivity index (χ3v) is 5.16. The Kier molecular flexibility index (Phi) is 4.90. The van der Waals surface area contributed by atoms with Crippen LogP contribution in [0.15, 0.2) is 4.99 Å². The lowest BCUT2D eigenvalue weighted by Gasteiger charge is -2.11. The summed E-state index contributed by atoms with van der Waals surface area (Å²) in [5.41, 5.74) is 1.13. The average molecular weight is 333 g/mol. The summed E-state index contributed by atoms with van der Waals surface area (Å²) < 4.78 is 2.20. The van der Waals surface area contributed by atoms with E-state index in [1.54, 1.807) is 18.4 Å². The summed E-state index contributed by atoms with van der Waals surface area (Å²) in [6.07, 6.45) is 3.10. The predicted octanol–water partition coefficient (Wildman–Crippen LogP) is 1.21. The van der Waals surface area contributed by atoms with Crippen LogP contribution in [-0.4, -0.2) is 39.3 Å². The van der Waals surface area contributed by atoms with Crippen molar-refractivity contribution in [3.05, 3.63) is 27.2 Å². The molecule has 0 spiro atoms. The first-order valence-electron chi connectivity index (χ1n) is 7.95. The molecule has 8 heteroatoms. The second-order valence-electron chi connectivity index (χ2n) is 5.64. The molecule has 1 aliphatic rings. The van der Waals surface area contributed by atoms with Gasteiger partial charge in [0.15, 0.2) is 11.8 Å². The van der Waals surface area contributed by atoms with Crippen LogP contribution in [0.25, 0.3) is 0 Å². The van der Waals surface area contributed by atoms with Gasteiger partial charge in [-0.2, -0.15) is 0 Å². The lowest BCUT2D eigenvalue weighted by molar-refractivity contribution is 0.662. The van der Waals surface area contributed by atoms with Crippen LogP contribution in [-0.2, 0) is 25.9 Å². The van der Waals surface area contributed by atoms with E-state index in [9.17, 15) is 0 Å². The van der Waals surface area contributed by atoms with Crippen LogP contribution < -0.4 is 10.6 Å². The maximum atomic E-state index is 4.56. The molecule has 2 N–H and O–H groups in total. The predicted molar refractivity (Wildman–Crippen MR) is 91.8 cm³/mol. The fourth-order valence-corrected chi connectivity index (χ4v) is 3.59. The van der Waals surface area contributed by atoms with Gasteiger partial charge in [0.25, 0.3) is 0 Å². The Hall–Kier alpha value is -1.96. The Bertz CT molecular complexity index is 681. The standard InChI is InChI=1S/C15H23N7S/c1-10-11(2)23-14(19-10)6-7-17-15(16-3)18-9-13-21-20-12-5-4-8-22(12)13/h4-9H2,1-3H3,(H2,16,17,18). The number of aryl methyl sites for hydroxylation is 3. The van der Waals surface area contributed by atoms with E-state index in [1.165, 1.54) is 9.88 Å². The Morgan fingerprint density at radius 3 is 2.91 bits per heavy atom. The number of guanidine groups is 1. The van der Waals surface area contributed by atoms with E-state index in [4.69, 9.17) is 0 Å². The number of hydrogen-bond acceptors (Lipinski definition) is 5. The molecule has 1 aliphatic heterocycles. The van der Waals surface area contributed by atoms with Crippen molar-refractivity contribution in [1.82, 2.24) is 30.4 Å². The average Bonchev–Trinajstić information content (AvgIpc) is 3.21. The zero-order chi connectivity index (χ0) is 16.2. The van der Waals surface area contributed by atoms with Crippen LogP contribution in [0.3, 0.4) is 0 Å². The van der Waals surface area contributed by atoms with Gasteiger partial charge in [-0.05, 0) is 20.3 Å². The molecule has 124 valence electrons. The SMILES string of the molecule is CN=C(NCCc1nc(C)c(C)s1)NCc1nnc2n1CCC2. The van der Waals surface area contributed by atoms with E-state index >= 15 is 0 Å². The number of thiazole rings is 1. The van der Waals surface area contributed by atoms with E-state index < -0.39 is 0 Å². The molecule has 7 nitrogen and oxygen atoms in total. The van der Waals surface area contributed by atoms with Crippen molar-refractivity contribution in [1.29, 1.82) is 0 Å². The van der Waals surface area contributed by atoms with E-state index in [-0.39, 0.29) is 0 Å². The molecule has 0 saturated carbocycles. The molecule has 0 bridgehead atoms. The number of nitrogens with one attached hydrogen (secondary N) is 2. The molecule has 2 aromatic heterocycles. The molecule has 0 aliphatic carbocycles. The third-order valence-electron chi connectivity index (χ3n) is 4.03. The summed E-state index contributed by atoms with van der Waals surface area (Å²) in [6.45, 7) is 6.64. The van der Waals surface area contributed by atoms with Crippen LogP contribution in [0.5, 0.6) is 0 Å². The molecule has 2 aromatic rings. The van der Waals surface area contributed by atoms with Crippen molar-refractivity contribution in [3.63, 3.8) is 0 Å². The lowest BCUT2D eigenvalue weighted by atomic mass is 10.4. The summed E-state index contributed by atoms with van der Waals surface area (Å²) in [7, 11) is 1.78. The monoisotopic (exact) mass is 333 g/mol. The molecule has 0 fully saturated rings.